The van der Waals surface area contributed by atoms with E-state index in [9.17, 15) is 4.79 Å². The Kier molecular flexibility index (Phi) is 5.12. The lowest BCUT2D eigenvalue weighted by Crippen LogP contribution is -2.23. The average Bonchev–Trinajstić information content (AvgIpc) is 3.27. The highest BCUT2D eigenvalue weighted by Crippen LogP contribution is 2.35. The number of hydrogen-bond donors (Lipinski definition) is 0. The van der Waals surface area contributed by atoms with Gasteiger partial charge in [0.15, 0.2) is 17.3 Å². The largest absolute Gasteiger partial charge is 0.496 e. The van der Waals surface area contributed by atoms with E-state index in [4.69, 9.17) is 25.8 Å². The third-order valence-corrected chi connectivity index (χ3v) is 5.61. The minimum absolute atomic E-state index is 0.271. The van der Waals surface area contributed by atoms with Crippen molar-refractivity contribution >= 4 is 34.0 Å². The predicted molar refractivity (Wildman–Crippen MR) is 112 cm³/mol. The van der Waals surface area contributed by atoms with Gasteiger partial charge in [-0.3, -0.25) is 4.79 Å². The summed E-state index contributed by atoms with van der Waals surface area (Å²) in [7, 11) is 4.65. The van der Waals surface area contributed by atoms with E-state index in [0.717, 1.165) is 0 Å². The molecule has 2 heterocycles. The summed E-state index contributed by atoms with van der Waals surface area (Å²) in [5, 5.41) is 4.86. The molecule has 2 aromatic heterocycles. The standard InChI is InChI=1S/C20H16ClN3O4S/c1-26-14-10-16(28-3)15(27-2)8-11(14)9-17-19(25)24-20(29-17)22-18(23-24)12-6-4-5-7-13(12)21/h4-10H,1-3H3/b17-9-. The molecule has 0 aliphatic carbocycles. The van der Waals surface area contributed by atoms with E-state index >= 15 is 0 Å². The maximum absolute atomic E-state index is 12.8. The SMILES string of the molecule is COc1cc(OC)c(OC)cc1/C=c1\sc2nc(-c3ccccc3Cl)nn2c1=O. The first-order valence-electron chi connectivity index (χ1n) is 8.52. The monoisotopic (exact) mass is 429 g/mol. The Morgan fingerprint density at radius 2 is 1.72 bits per heavy atom. The zero-order chi connectivity index (χ0) is 20.5. The highest BCUT2D eigenvalue weighted by molar-refractivity contribution is 7.15. The first-order valence-corrected chi connectivity index (χ1v) is 9.71. The number of aromatic nitrogens is 3. The van der Waals surface area contributed by atoms with Crippen LogP contribution in [0, 0.1) is 0 Å². The van der Waals surface area contributed by atoms with Crippen molar-refractivity contribution in [3.05, 3.63) is 61.9 Å². The molecular formula is C20H16ClN3O4S. The van der Waals surface area contributed by atoms with Gasteiger partial charge in [-0.15, -0.1) is 5.10 Å². The Balaban J connectivity index is 1.84. The molecular weight excluding hydrogens is 414 g/mol. The van der Waals surface area contributed by atoms with E-state index in [-0.39, 0.29) is 5.56 Å². The van der Waals surface area contributed by atoms with Gasteiger partial charge in [-0.2, -0.15) is 9.50 Å². The number of methoxy groups -OCH3 is 3. The number of thiazole rings is 1. The number of halogens is 1. The average molecular weight is 430 g/mol. The van der Waals surface area contributed by atoms with Crippen LogP contribution in [0.25, 0.3) is 22.4 Å². The molecule has 0 fully saturated rings. The van der Waals surface area contributed by atoms with Crippen molar-refractivity contribution in [3.63, 3.8) is 0 Å². The van der Waals surface area contributed by atoms with E-state index in [2.05, 4.69) is 10.1 Å². The Hall–Kier alpha value is -3.10. The molecule has 0 radical (unpaired) electrons. The molecule has 7 nitrogen and oxygen atoms in total. The van der Waals surface area contributed by atoms with Gasteiger partial charge in [-0.05, 0) is 24.3 Å². The van der Waals surface area contributed by atoms with Gasteiger partial charge in [0.25, 0.3) is 5.56 Å². The summed E-state index contributed by atoms with van der Waals surface area (Å²) in [5.74, 6) is 2.04. The van der Waals surface area contributed by atoms with Gasteiger partial charge in [0.2, 0.25) is 4.96 Å². The maximum Gasteiger partial charge on any atom is 0.291 e. The van der Waals surface area contributed by atoms with Gasteiger partial charge in [-0.25, -0.2) is 0 Å². The van der Waals surface area contributed by atoms with Crippen molar-refractivity contribution in [2.45, 2.75) is 0 Å². The van der Waals surface area contributed by atoms with Crippen LogP contribution in [0.5, 0.6) is 17.2 Å². The molecule has 0 spiro atoms. The van der Waals surface area contributed by atoms with Crippen molar-refractivity contribution in [2.75, 3.05) is 21.3 Å². The third-order valence-electron chi connectivity index (χ3n) is 4.32. The van der Waals surface area contributed by atoms with Crippen LogP contribution in [0.4, 0.5) is 0 Å². The van der Waals surface area contributed by atoms with Crippen LogP contribution in [-0.2, 0) is 0 Å². The molecule has 29 heavy (non-hydrogen) atoms. The van der Waals surface area contributed by atoms with Crippen LogP contribution in [0.1, 0.15) is 5.56 Å². The molecule has 0 aliphatic rings. The van der Waals surface area contributed by atoms with Gasteiger partial charge in [-0.1, -0.05) is 35.1 Å². The molecule has 0 aliphatic heterocycles. The van der Waals surface area contributed by atoms with Crippen LogP contribution in [0.3, 0.4) is 0 Å². The highest BCUT2D eigenvalue weighted by atomic mass is 35.5. The van der Waals surface area contributed by atoms with E-state index < -0.39 is 0 Å². The van der Waals surface area contributed by atoms with Crippen molar-refractivity contribution in [1.82, 2.24) is 14.6 Å². The molecule has 0 atom stereocenters. The molecule has 0 amide bonds. The first kappa shape index (κ1) is 19.2. The molecule has 0 saturated heterocycles. The highest BCUT2D eigenvalue weighted by Gasteiger charge is 2.15. The van der Waals surface area contributed by atoms with Gasteiger partial charge >= 0.3 is 0 Å². The topological polar surface area (TPSA) is 74.9 Å². The summed E-state index contributed by atoms with van der Waals surface area (Å²) in [6, 6.07) is 10.7. The van der Waals surface area contributed by atoms with Crippen LogP contribution in [0.15, 0.2) is 41.2 Å². The van der Waals surface area contributed by atoms with Gasteiger partial charge in [0, 0.05) is 17.2 Å². The van der Waals surface area contributed by atoms with Crippen LogP contribution in [-0.4, -0.2) is 35.9 Å². The summed E-state index contributed by atoms with van der Waals surface area (Å²) >= 11 is 7.45. The fourth-order valence-corrected chi connectivity index (χ4v) is 4.02. The van der Waals surface area contributed by atoms with Crippen molar-refractivity contribution in [3.8, 4) is 28.6 Å². The number of ether oxygens (including phenoxy) is 3. The number of nitrogens with zero attached hydrogens (tertiary/aromatic N) is 3. The van der Waals surface area contributed by atoms with Crippen molar-refractivity contribution in [2.24, 2.45) is 0 Å². The summed E-state index contributed by atoms with van der Waals surface area (Å²) in [4.78, 5) is 17.8. The lowest BCUT2D eigenvalue weighted by atomic mass is 10.1. The molecule has 4 rings (SSSR count). The molecule has 0 saturated carbocycles. The summed E-state index contributed by atoms with van der Waals surface area (Å²) in [6.45, 7) is 0. The quantitative estimate of drug-likeness (QED) is 0.485. The van der Waals surface area contributed by atoms with E-state index in [1.807, 2.05) is 18.2 Å². The fraction of sp³-hybridized carbons (Fsp3) is 0.150. The number of hydrogen-bond acceptors (Lipinski definition) is 7. The summed E-state index contributed by atoms with van der Waals surface area (Å²) in [5.41, 5.74) is 1.09. The van der Waals surface area contributed by atoms with Crippen LogP contribution < -0.4 is 24.3 Å². The summed E-state index contributed by atoms with van der Waals surface area (Å²) < 4.78 is 17.8. The second-order valence-electron chi connectivity index (χ2n) is 5.97. The smallest absolute Gasteiger partial charge is 0.291 e. The molecule has 9 heteroatoms. The zero-order valence-corrected chi connectivity index (χ0v) is 17.4. The third kappa shape index (κ3) is 3.41. The Bertz CT molecular complexity index is 1320. The molecule has 2 aromatic carbocycles. The van der Waals surface area contributed by atoms with E-state index in [0.29, 0.717) is 48.7 Å². The van der Waals surface area contributed by atoms with Crippen molar-refractivity contribution < 1.29 is 14.2 Å². The molecule has 148 valence electrons. The van der Waals surface area contributed by atoms with E-state index in [1.54, 1.807) is 45.6 Å². The van der Waals surface area contributed by atoms with Crippen molar-refractivity contribution in [1.29, 1.82) is 0 Å². The van der Waals surface area contributed by atoms with Crippen LogP contribution in [0.2, 0.25) is 5.02 Å². The second kappa shape index (κ2) is 7.73. The Labute approximate surface area is 174 Å². The Morgan fingerprint density at radius 3 is 2.38 bits per heavy atom. The lowest BCUT2D eigenvalue weighted by molar-refractivity contribution is 0.348. The number of benzene rings is 2. The van der Waals surface area contributed by atoms with Gasteiger partial charge in [0.05, 0.1) is 30.9 Å². The normalized spacial score (nSPS) is 11.8. The number of fused-ring (bicyclic) bond motifs is 1. The minimum Gasteiger partial charge on any atom is -0.496 e. The number of rotatable bonds is 5. The van der Waals surface area contributed by atoms with Crippen LogP contribution >= 0.6 is 22.9 Å². The minimum atomic E-state index is -0.271. The first-order chi connectivity index (χ1) is 14.0. The Morgan fingerprint density at radius 1 is 1.03 bits per heavy atom. The lowest BCUT2D eigenvalue weighted by Gasteiger charge is -2.11. The molecule has 0 unspecified atom stereocenters. The van der Waals surface area contributed by atoms with E-state index in [1.165, 1.54) is 15.9 Å². The second-order valence-corrected chi connectivity index (χ2v) is 7.39. The van der Waals surface area contributed by atoms with Gasteiger partial charge in [0.1, 0.15) is 5.75 Å². The molecule has 4 aromatic rings. The van der Waals surface area contributed by atoms with Gasteiger partial charge < -0.3 is 14.2 Å². The zero-order valence-electron chi connectivity index (χ0n) is 15.8. The summed E-state index contributed by atoms with van der Waals surface area (Å²) in [6.07, 6.45) is 1.72. The fourth-order valence-electron chi connectivity index (χ4n) is 2.90. The maximum atomic E-state index is 12.8. The predicted octanol–water partition coefficient (Wildman–Crippen LogP) is 3.04. The molecule has 0 bridgehead atoms. The molecule has 0 N–H and O–H groups in total.